The van der Waals surface area contributed by atoms with Crippen molar-refractivity contribution in [1.82, 2.24) is 4.98 Å². The summed E-state index contributed by atoms with van der Waals surface area (Å²) >= 11 is 0. The van der Waals surface area contributed by atoms with Crippen LogP contribution in [0.3, 0.4) is 0 Å². The number of rotatable bonds is 3. The van der Waals surface area contributed by atoms with E-state index in [1.165, 1.54) is 0 Å². The molecule has 1 fully saturated rings. The largest absolute Gasteiger partial charge is 0.384 e. The molecule has 0 saturated heterocycles. The van der Waals surface area contributed by atoms with Gasteiger partial charge in [0.15, 0.2) is 0 Å². The standard InChI is InChI=1S/C15H18N2O2/c1-15(2,19)13-8-10-7-11(5-6-12(10)17-13)16-14(18)9-3-4-9/h5-9,17,19H,3-4H2,1-2H3,(H,16,18). The minimum absolute atomic E-state index is 0.109. The molecule has 0 spiro atoms. The number of carbonyl (C=O) groups excluding carboxylic acids is 1. The van der Waals surface area contributed by atoms with Crippen LogP contribution in [0.15, 0.2) is 24.3 Å². The predicted molar refractivity (Wildman–Crippen MR) is 74.9 cm³/mol. The van der Waals surface area contributed by atoms with Crippen molar-refractivity contribution in [3.8, 4) is 0 Å². The molecule has 3 rings (SSSR count). The lowest BCUT2D eigenvalue weighted by Crippen LogP contribution is -2.15. The van der Waals surface area contributed by atoms with Crippen LogP contribution in [0.25, 0.3) is 10.9 Å². The number of benzene rings is 1. The topological polar surface area (TPSA) is 65.1 Å². The van der Waals surface area contributed by atoms with Gasteiger partial charge in [-0.05, 0) is 51.0 Å². The van der Waals surface area contributed by atoms with E-state index in [1.807, 2.05) is 24.3 Å². The molecule has 19 heavy (non-hydrogen) atoms. The fourth-order valence-corrected chi connectivity index (χ4v) is 2.13. The molecular formula is C15H18N2O2. The molecule has 4 nitrogen and oxygen atoms in total. The van der Waals surface area contributed by atoms with Crippen LogP contribution >= 0.6 is 0 Å². The molecule has 0 radical (unpaired) electrons. The minimum Gasteiger partial charge on any atom is -0.384 e. The van der Waals surface area contributed by atoms with E-state index in [0.29, 0.717) is 0 Å². The fourth-order valence-electron chi connectivity index (χ4n) is 2.13. The van der Waals surface area contributed by atoms with Crippen LogP contribution in [0.4, 0.5) is 5.69 Å². The zero-order valence-corrected chi connectivity index (χ0v) is 11.2. The number of H-pyrrole nitrogens is 1. The average molecular weight is 258 g/mol. The van der Waals surface area contributed by atoms with Gasteiger partial charge in [0.1, 0.15) is 0 Å². The van der Waals surface area contributed by atoms with Crippen molar-refractivity contribution in [2.24, 2.45) is 5.92 Å². The Morgan fingerprint density at radius 3 is 2.74 bits per heavy atom. The number of nitrogens with one attached hydrogen (secondary N) is 2. The minimum atomic E-state index is -0.892. The molecule has 0 bridgehead atoms. The van der Waals surface area contributed by atoms with Crippen LogP contribution in [0.5, 0.6) is 0 Å². The van der Waals surface area contributed by atoms with E-state index in [4.69, 9.17) is 0 Å². The highest BCUT2D eigenvalue weighted by molar-refractivity contribution is 5.96. The number of aromatic amines is 1. The van der Waals surface area contributed by atoms with E-state index in [2.05, 4.69) is 10.3 Å². The first-order chi connectivity index (χ1) is 8.93. The zero-order valence-electron chi connectivity index (χ0n) is 11.2. The molecule has 1 amide bonds. The van der Waals surface area contributed by atoms with Crippen molar-refractivity contribution in [2.45, 2.75) is 32.3 Å². The number of amides is 1. The lowest BCUT2D eigenvalue weighted by atomic mass is 10.1. The molecular weight excluding hydrogens is 240 g/mol. The van der Waals surface area contributed by atoms with E-state index in [1.54, 1.807) is 13.8 Å². The van der Waals surface area contributed by atoms with Gasteiger partial charge in [0.2, 0.25) is 5.91 Å². The maximum absolute atomic E-state index is 11.7. The van der Waals surface area contributed by atoms with Crippen molar-refractivity contribution in [3.63, 3.8) is 0 Å². The summed E-state index contributed by atoms with van der Waals surface area (Å²) in [5.74, 6) is 0.312. The highest BCUT2D eigenvalue weighted by Gasteiger charge is 2.29. The molecule has 1 heterocycles. The van der Waals surface area contributed by atoms with Crippen LogP contribution < -0.4 is 5.32 Å². The molecule has 1 aromatic carbocycles. The predicted octanol–water partition coefficient (Wildman–Crippen LogP) is 2.74. The lowest BCUT2D eigenvalue weighted by Gasteiger charge is -2.14. The van der Waals surface area contributed by atoms with Gasteiger partial charge in [0.05, 0.1) is 5.60 Å². The molecule has 2 aromatic rings. The third kappa shape index (κ3) is 2.49. The van der Waals surface area contributed by atoms with E-state index in [-0.39, 0.29) is 11.8 Å². The summed E-state index contributed by atoms with van der Waals surface area (Å²) < 4.78 is 0. The van der Waals surface area contributed by atoms with Gasteiger partial charge in [-0.15, -0.1) is 0 Å². The van der Waals surface area contributed by atoms with Crippen LogP contribution in [-0.4, -0.2) is 16.0 Å². The van der Waals surface area contributed by atoms with Crippen LogP contribution in [0.2, 0.25) is 0 Å². The van der Waals surface area contributed by atoms with Crippen molar-refractivity contribution >= 4 is 22.5 Å². The van der Waals surface area contributed by atoms with Crippen LogP contribution in [-0.2, 0) is 10.4 Å². The van der Waals surface area contributed by atoms with Gasteiger partial charge in [-0.2, -0.15) is 0 Å². The molecule has 0 unspecified atom stereocenters. The average Bonchev–Trinajstić information content (AvgIpc) is 3.07. The van der Waals surface area contributed by atoms with Gasteiger partial charge in [0.25, 0.3) is 0 Å². The van der Waals surface area contributed by atoms with E-state index in [9.17, 15) is 9.90 Å². The number of anilines is 1. The van der Waals surface area contributed by atoms with E-state index in [0.717, 1.165) is 35.1 Å². The van der Waals surface area contributed by atoms with E-state index < -0.39 is 5.60 Å². The quantitative estimate of drug-likeness (QED) is 0.792. The molecule has 1 aromatic heterocycles. The number of fused-ring (bicyclic) bond motifs is 1. The molecule has 100 valence electrons. The summed E-state index contributed by atoms with van der Waals surface area (Å²) in [5.41, 5.74) is 1.65. The number of hydrogen-bond acceptors (Lipinski definition) is 2. The monoisotopic (exact) mass is 258 g/mol. The van der Waals surface area contributed by atoms with Gasteiger partial charge < -0.3 is 15.4 Å². The van der Waals surface area contributed by atoms with Crippen LogP contribution in [0.1, 0.15) is 32.4 Å². The van der Waals surface area contributed by atoms with Crippen molar-refractivity contribution in [3.05, 3.63) is 30.0 Å². The first kappa shape index (κ1) is 12.2. The molecule has 1 aliphatic carbocycles. The maximum Gasteiger partial charge on any atom is 0.227 e. The van der Waals surface area contributed by atoms with Gasteiger partial charge >= 0.3 is 0 Å². The molecule has 1 aliphatic rings. The third-order valence-corrected chi connectivity index (χ3v) is 3.50. The zero-order chi connectivity index (χ0) is 13.6. The maximum atomic E-state index is 11.7. The number of carbonyl (C=O) groups is 1. The van der Waals surface area contributed by atoms with Gasteiger partial charge in [-0.25, -0.2) is 0 Å². The molecule has 1 saturated carbocycles. The Balaban J connectivity index is 1.89. The molecule has 3 N–H and O–H groups in total. The number of aromatic nitrogens is 1. The smallest absolute Gasteiger partial charge is 0.227 e. The highest BCUT2D eigenvalue weighted by Crippen LogP contribution is 2.31. The second-order valence-corrected chi connectivity index (χ2v) is 5.81. The SMILES string of the molecule is CC(C)(O)c1cc2cc(NC(=O)C3CC3)ccc2[nH]1. The summed E-state index contributed by atoms with van der Waals surface area (Å²) in [6.07, 6.45) is 2.00. The second-order valence-electron chi connectivity index (χ2n) is 5.81. The van der Waals surface area contributed by atoms with Crippen molar-refractivity contribution < 1.29 is 9.90 Å². The summed E-state index contributed by atoms with van der Waals surface area (Å²) in [7, 11) is 0. The fraction of sp³-hybridized carbons (Fsp3) is 0.400. The number of aliphatic hydroxyl groups is 1. The second kappa shape index (κ2) is 4.10. The van der Waals surface area contributed by atoms with Gasteiger partial charge in [-0.3, -0.25) is 4.79 Å². The Labute approximate surface area is 111 Å². The summed E-state index contributed by atoms with van der Waals surface area (Å²) in [6, 6.07) is 7.66. The summed E-state index contributed by atoms with van der Waals surface area (Å²) in [5, 5.41) is 13.9. The molecule has 0 atom stereocenters. The summed E-state index contributed by atoms with van der Waals surface area (Å²) in [4.78, 5) is 14.9. The Kier molecular flexibility index (Phi) is 2.64. The lowest BCUT2D eigenvalue weighted by molar-refractivity contribution is -0.117. The Hall–Kier alpha value is -1.81. The Bertz CT molecular complexity index is 633. The number of hydrogen-bond donors (Lipinski definition) is 3. The van der Waals surface area contributed by atoms with Crippen molar-refractivity contribution in [2.75, 3.05) is 5.32 Å². The van der Waals surface area contributed by atoms with E-state index >= 15 is 0 Å². The first-order valence-corrected chi connectivity index (χ1v) is 6.60. The van der Waals surface area contributed by atoms with Crippen LogP contribution in [0, 0.1) is 5.92 Å². The molecule has 0 aliphatic heterocycles. The van der Waals surface area contributed by atoms with Crippen molar-refractivity contribution in [1.29, 1.82) is 0 Å². The normalized spacial score (nSPS) is 15.7. The van der Waals surface area contributed by atoms with Gasteiger partial charge in [-0.1, -0.05) is 0 Å². The Morgan fingerprint density at radius 1 is 1.37 bits per heavy atom. The molecule has 4 heteroatoms. The van der Waals surface area contributed by atoms with Gasteiger partial charge in [0, 0.05) is 28.2 Å². The third-order valence-electron chi connectivity index (χ3n) is 3.50. The summed E-state index contributed by atoms with van der Waals surface area (Å²) in [6.45, 7) is 3.49. The Morgan fingerprint density at radius 2 is 2.11 bits per heavy atom. The highest BCUT2D eigenvalue weighted by atomic mass is 16.3. The first-order valence-electron chi connectivity index (χ1n) is 6.60.